The predicted octanol–water partition coefficient (Wildman–Crippen LogP) is 4.20. The van der Waals surface area contributed by atoms with Gasteiger partial charge in [0.25, 0.3) is 5.91 Å². The van der Waals surface area contributed by atoms with Gasteiger partial charge in [-0.1, -0.05) is 30.3 Å². The minimum absolute atomic E-state index is 0.194. The number of hydrogen-bond donors (Lipinski definition) is 1. The number of carbonyl (C=O) groups is 1. The molecule has 0 aliphatic rings. The van der Waals surface area contributed by atoms with Crippen molar-refractivity contribution in [2.75, 3.05) is 19.5 Å². The third-order valence-electron chi connectivity index (χ3n) is 4.29. The van der Waals surface area contributed by atoms with Crippen molar-refractivity contribution in [1.82, 2.24) is 4.98 Å². The highest BCUT2D eigenvalue weighted by molar-refractivity contribution is 6.10. The Bertz CT molecular complexity index is 1040. The molecule has 0 spiro atoms. The third kappa shape index (κ3) is 3.64. The zero-order valence-corrected chi connectivity index (χ0v) is 15.8. The van der Waals surface area contributed by atoms with Gasteiger partial charge < -0.3 is 14.8 Å². The van der Waals surface area contributed by atoms with E-state index >= 15 is 0 Å². The molecule has 0 aliphatic carbocycles. The number of methoxy groups -OCH3 is 2. The van der Waals surface area contributed by atoms with Gasteiger partial charge in [-0.2, -0.15) is 5.26 Å². The van der Waals surface area contributed by atoms with Gasteiger partial charge in [0.05, 0.1) is 25.5 Å². The molecule has 0 aliphatic heterocycles. The molecule has 0 radical (unpaired) electrons. The number of benzene rings is 2. The van der Waals surface area contributed by atoms with Crippen LogP contribution in [0.5, 0.6) is 11.6 Å². The normalized spacial score (nSPS) is 10.1. The van der Waals surface area contributed by atoms with Crippen LogP contribution in [0.15, 0.2) is 54.6 Å². The molecule has 28 heavy (non-hydrogen) atoms. The van der Waals surface area contributed by atoms with E-state index in [1.807, 2.05) is 30.3 Å². The summed E-state index contributed by atoms with van der Waals surface area (Å²) in [7, 11) is 3.03. The lowest BCUT2D eigenvalue weighted by Gasteiger charge is -2.16. The Morgan fingerprint density at radius 1 is 1.04 bits per heavy atom. The number of pyridine rings is 1. The monoisotopic (exact) mass is 373 g/mol. The van der Waals surface area contributed by atoms with Crippen molar-refractivity contribution in [2.45, 2.75) is 6.92 Å². The third-order valence-corrected chi connectivity index (χ3v) is 4.29. The van der Waals surface area contributed by atoms with E-state index in [-0.39, 0.29) is 17.4 Å². The van der Waals surface area contributed by atoms with Crippen molar-refractivity contribution in [1.29, 1.82) is 5.26 Å². The molecule has 0 atom stereocenters. The first-order valence-corrected chi connectivity index (χ1v) is 8.58. The van der Waals surface area contributed by atoms with Crippen LogP contribution in [0.2, 0.25) is 0 Å². The number of nitrogens with one attached hydrogen (secondary N) is 1. The number of aryl methyl sites for hydroxylation is 1. The highest BCUT2D eigenvalue weighted by atomic mass is 16.5. The fourth-order valence-electron chi connectivity index (χ4n) is 2.97. The van der Waals surface area contributed by atoms with Crippen LogP contribution in [0, 0.1) is 18.3 Å². The highest BCUT2D eigenvalue weighted by Crippen LogP contribution is 2.34. The van der Waals surface area contributed by atoms with Crippen LogP contribution < -0.4 is 14.8 Å². The lowest BCUT2D eigenvalue weighted by molar-refractivity contribution is 0.102. The van der Waals surface area contributed by atoms with Gasteiger partial charge in [-0.15, -0.1) is 0 Å². The molecule has 1 amide bonds. The van der Waals surface area contributed by atoms with Crippen LogP contribution in [-0.2, 0) is 0 Å². The van der Waals surface area contributed by atoms with Crippen LogP contribution >= 0.6 is 0 Å². The quantitative estimate of drug-likeness (QED) is 0.725. The van der Waals surface area contributed by atoms with Crippen LogP contribution in [0.3, 0.4) is 0 Å². The Balaban J connectivity index is 2.13. The molecule has 1 heterocycles. The number of aromatic nitrogens is 1. The molecule has 0 bridgehead atoms. The minimum atomic E-state index is -0.354. The topological polar surface area (TPSA) is 84.2 Å². The molecule has 6 nitrogen and oxygen atoms in total. The summed E-state index contributed by atoms with van der Waals surface area (Å²) in [6, 6.07) is 18.4. The molecular weight excluding hydrogens is 354 g/mol. The fraction of sp³-hybridized carbons (Fsp3) is 0.136. The smallest absolute Gasteiger partial charge is 0.258 e. The maximum atomic E-state index is 13.1. The van der Waals surface area contributed by atoms with E-state index in [0.717, 1.165) is 5.56 Å². The van der Waals surface area contributed by atoms with E-state index in [4.69, 9.17) is 9.47 Å². The van der Waals surface area contributed by atoms with Gasteiger partial charge in [-0.25, -0.2) is 4.98 Å². The van der Waals surface area contributed by atoms with Gasteiger partial charge in [0.1, 0.15) is 17.4 Å². The van der Waals surface area contributed by atoms with E-state index in [1.54, 1.807) is 38.3 Å². The average molecular weight is 373 g/mol. The second-order valence-corrected chi connectivity index (χ2v) is 5.99. The number of nitriles is 1. The lowest BCUT2D eigenvalue weighted by Crippen LogP contribution is -2.17. The van der Waals surface area contributed by atoms with E-state index in [0.29, 0.717) is 28.3 Å². The van der Waals surface area contributed by atoms with E-state index in [1.165, 1.54) is 7.11 Å². The molecule has 1 N–H and O–H groups in total. The summed E-state index contributed by atoms with van der Waals surface area (Å²) in [5, 5.41) is 12.6. The van der Waals surface area contributed by atoms with E-state index < -0.39 is 0 Å². The first-order valence-electron chi connectivity index (χ1n) is 8.58. The number of ether oxygens (including phenoxy) is 2. The summed E-state index contributed by atoms with van der Waals surface area (Å²) in [5.74, 6) is 0.532. The predicted molar refractivity (Wildman–Crippen MR) is 107 cm³/mol. The molecule has 0 saturated heterocycles. The molecule has 140 valence electrons. The molecular formula is C22H19N3O3. The molecule has 3 aromatic rings. The summed E-state index contributed by atoms with van der Waals surface area (Å²) in [4.78, 5) is 17.4. The highest BCUT2D eigenvalue weighted by Gasteiger charge is 2.24. The maximum absolute atomic E-state index is 13.1. The molecule has 6 heteroatoms. The standard InChI is InChI=1S/C22H19N3O3/c1-14-19(21(26)25-16-9-11-17(27-2)12-10-16)20(15-7-5-4-6-8-15)18(13-23)22(24-14)28-3/h4-12H,1-3H3,(H,25,26). The van der Waals surface area contributed by atoms with Crippen LogP contribution in [0.25, 0.3) is 11.1 Å². The van der Waals surface area contributed by atoms with E-state index in [2.05, 4.69) is 16.4 Å². The molecule has 3 rings (SSSR count). The Morgan fingerprint density at radius 2 is 1.71 bits per heavy atom. The Morgan fingerprint density at radius 3 is 2.29 bits per heavy atom. The van der Waals surface area contributed by atoms with Crippen molar-refractivity contribution < 1.29 is 14.3 Å². The molecule has 0 fully saturated rings. The first kappa shape index (κ1) is 18.9. The van der Waals surface area contributed by atoms with Crippen molar-refractivity contribution >= 4 is 11.6 Å². The van der Waals surface area contributed by atoms with Gasteiger partial charge in [0.15, 0.2) is 0 Å². The van der Waals surface area contributed by atoms with Crippen molar-refractivity contribution in [2.24, 2.45) is 0 Å². The van der Waals surface area contributed by atoms with E-state index in [9.17, 15) is 10.1 Å². The first-order chi connectivity index (χ1) is 13.6. The minimum Gasteiger partial charge on any atom is -0.497 e. The van der Waals surface area contributed by atoms with Gasteiger partial charge in [-0.05, 0) is 36.8 Å². The summed E-state index contributed by atoms with van der Waals surface area (Å²) >= 11 is 0. The fourth-order valence-corrected chi connectivity index (χ4v) is 2.97. The summed E-state index contributed by atoms with van der Waals surface area (Å²) in [5.41, 5.74) is 2.87. The second kappa shape index (κ2) is 8.23. The maximum Gasteiger partial charge on any atom is 0.258 e. The molecule has 2 aromatic carbocycles. The molecule has 1 aromatic heterocycles. The number of carbonyl (C=O) groups excluding carboxylic acids is 1. The van der Waals surface area contributed by atoms with Gasteiger partial charge >= 0.3 is 0 Å². The molecule has 0 unspecified atom stereocenters. The van der Waals surface area contributed by atoms with Gasteiger partial charge in [0.2, 0.25) is 5.88 Å². The number of hydrogen-bond acceptors (Lipinski definition) is 5. The summed E-state index contributed by atoms with van der Waals surface area (Å²) < 4.78 is 10.4. The number of anilines is 1. The molecule has 0 saturated carbocycles. The zero-order valence-electron chi connectivity index (χ0n) is 15.8. The van der Waals surface area contributed by atoms with Gasteiger partial charge in [0, 0.05) is 11.3 Å². The zero-order chi connectivity index (χ0) is 20.1. The second-order valence-electron chi connectivity index (χ2n) is 5.99. The van der Waals surface area contributed by atoms with Crippen LogP contribution in [0.4, 0.5) is 5.69 Å². The Kier molecular flexibility index (Phi) is 5.56. The van der Waals surface area contributed by atoms with Gasteiger partial charge in [-0.3, -0.25) is 4.79 Å². The van der Waals surface area contributed by atoms with Crippen LogP contribution in [-0.4, -0.2) is 25.1 Å². The average Bonchev–Trinajstić information content (AvgIpc) is 2.73. The van der Waals surface area contributed by atoms with Crippen LogP contribution in [0.1, 0.15) is 21.6 Å². The SMILES string of the molecule is COc1ccc(NC(=O)c2c(C)nc(OC)c(C#N)c2-c2ccccc2)cc1. The lowest BCUT2D eigenvalue weighted by atomic mass is 9.94. The largest absolute Gasteiger partial charge is 0.497 e. The number of nitrogens with zero attached hydrogens (tertiary/aromatic N) is 2. The summed E-state index contributed by atoms with van der Waals surface area (Å²) in [6.07, 6.45) is 0. The number of amides is 1. The van der Waals surface area contributed by atoms with Crippen molar-refractivity contribution in [3.8, 4) is 28.8 Å². The Labute approximate surface area is 163 Å². The van der Waals surface area contributed by atoms with Crippen molar-refractivity contribution in [3.05, 3.63) is 71.4 Å². The Hall–Kier alpha value is -3.85. The number of rotatable bonds is 5. The van der Waals surface area contributed by atoms with Crippen molar-refractivity contribution in [3.63, 3.8) is 0 Å². The summed E-state index contributed by atoms with van der Waals surface area (Å²) in [6.45, 7) is 1.72.